The number of ether oxygens (including phenoxy) is 2. The van der Waals surface area contributed by atoms with E-state index in [4.69, 9.17) is 15.9 Å². The van der Waals surface area contributed by atoms with Gasteiger partial charge in [0.05, 0.1) is 13.2 Å². The third-order valence-electron chi connectivity index (χ3n) is 4.50. The number of nitrogens with two attached hydrogens (primary N) is 1. The van der Waals surface area contributed by atoms with Gasteiger partial charge in [-0.15, -0.1) is 0 Å². The zero-order chi connectivity index (χ0) is 25.6. The second-order valence-electron chi connectivity index (χ2n) is 7.26. The Morgan fingerprint density at radius 1 is 0.906 bits per heavy atom. The number of unbranched alkanes of at least 4 members (excludes halogenated alkanes) is 2. The average Bonchev–Trinajstić information content (AvgIpc) is 2.80. The molecule has 0 rings (SSSR count). The summed E-state index contributed by atoms with van der Waals surface area (Å²) in [7, 11) is 0. The molecule has 0 heterocycles. The first-order valence-electron chi connectivity index (χ1n) is 11.9. The molecule has 0 saturated carbocycles. The molecule has 0 radical (unpaired) electrons. The molecular formula is C24H51NO7. The van der Waals surface area contributed by atoms with E-state index >= 15 is 0 Å². The minimum atomic E-state index is -0.262. The predicted octanol–water partition coefficient (Wildman–Crippen LogP) is 3.65. The normalized spacial score (nSPS) is 10.5. The number of carbonyl (C=O) groups is 3. The van der Waals surface area contributed by atoms with Gasteiger partial charge in [0.25, 0.3) is 12.9 Å². The summed E-state index contributed by atoms with van der Waals surface area (Å²) in [5.41, 5.74) is 5.76. The van der Waals surface area contributed by atoms with Gasteiger partial charge in [0, 0.05) is 31.6 Å². The van der Waals surface area contributed by atoms with Crippen molar-refractivity contribution in [1.82, 2.24) is 0 Å². The molecule has 1 unspecified atom stereocenters. The third kappa shape index (κ3) is 35.9. The number of aliphatic hydroxyl groups is 2. The third-order valence-corrected chi connectivity index (χ3v) is 4.50. The zero-order valence-corrected chi connectivity index (χ0v) is 21.4. The van der Waals surface area contributed by atoms with Crippen LogP contribution >= 0.6 is 0 Å². The highest BCUT2D eigenvalue weighted by atomic mass is 16.5. The summed E-state index contributed by atoms with van der Waals surface area (Å²) in [6, 6.07) is 0.191. The lowest BCUT2D eigenvalue weighted by molar-refractivity contribution is -0.130. The van der Waals surface area contributed by atoms with Crippen LogP contribution in [0.25, 0.3) is 0 Å². The van der Waals surface area contributed by atoms with Crippen LogP contribution in [0.2, 0.25) is 0 Å². The molecule has 0 aromatic heterocycles. The Labute approximate surface area is 196 Å². The first-order valence-corrected chi connectivity index (χ1v) is 11.9. The molecule has 4 N–H and O–H groups in total. The van der Waals surface area contributed by atoms with Gasteiger partial charge >= 0.3 is 0 Å². The van der Waals surface area contributed by atoms with Crippen molar-refractivity contribution in [3.8, 4) is 0 Å². The maximum atomic E-state index is 10.3. The maximum absolute atomic E-state index is 10.3. The van der Waals surface area contributed by atoms with Crippen LogP contribution in [0, 0.1) is 11.8 Å². The van der Waals surface area contributed by atoms with Crippen LogP contribution in [0.4, 0.5) is 0 Å². The second kappa shape index (κ2) is 34.1. The molecule has 32 heavy (non-hydrogen) atoms. The highest BCUT2D eigenvalue weighted by molar-refractivity contribution is 5.75. The van der Waals surface area contributed by atoms with Crippen molar-refractivity contribution in [2.75, 3.05) is 26.4 Å². The van der Waals surface area contributed by atoms with E-state index < -0.39 is 0 Å². The Hall–Kier alpha value is -1.51. The van der Waals surface area contributed by atoms with Crippen LogP contribution in [0.15, 0.2) is 0 Å². The van der Waals surface area contributed by atoms with Crippen molar-refractivity contribution in [2.45, 2.75) is 99.0 Å². The summed E-state index contributed by atoms with van der Waals surface area (Å²) in [6.45, 7) is 13.6. The van der Waals surface area contributed by atoms with Gasteiger partial charge in [-0.25, -0.2) is 0 Å². The van der Waals surface area contributed by atoms with Gasteiger partial charge in [-0.3, -0.25) is 9.59 Å². The van der Waals surface area contributed by atoms with E-state index in [1.54, 1.807) is 0 Å². The van der Waals surface area contributed by atoms with Gasteiger partial charge in [0.2, 0.25) is 0 Å². The number of carbonyl (C=O) groups excluding carboxylic acids is 3. The molecule has 8 nitrogen and oxygen atoms in total. The molecular weight excluding hydrogens is 414 g/mol. The van der Waals surface area contributed by atoms with Crippen molar-refractivity contribution in [1.29, 1.82) is 0 Å². The molecule has 0 spiro atoms. The molecule has 0 bridgehead atoms. The van der Waals surface area contributed by atoms with Gasteiger partial charge in [0.1, 0.15) is 5.78 Å². The standard InChI is InChI=1S/C9H19NO2.C7H14O2.C6H12O3.C2H6/c1-2-3-4-5-9(10)6-7-12-8-11;1-3-7(4-2)5-9-6-8;1-5(9)2-6(3-7)4-8;1-2/h8-9H,2-7,10H2,1H3;6-7H,3-5H2,1-2H3;6-8H,2-4H2,1H3;1-2H3. The lowest BCUT2D eigenvalue weighted by atomic mass is 10.1. The Morgan fingerprint density at radius 3 is 1.78 bits per heavy atom. The summed E-state index contributed by atoms with van der Waals surface area (Å²) in [6.07, 6.45) is 7.90. The molecule has 0 aliphatic rings. The minimum absolute atomic E-state index is 0.00287. The Kier molecular flexibility index (Phi) is 40.3. The topological polar surface area (TPSA) is 136 Å². The zero-order valence-electron chi connectivity index (χ0n) is 21.4. The molecule has 0 aliphatic carbocycles. The van der Waals surface area contributed by atoms with E-state index in [-0.39, 0.29) is 37.4 Å². The molecule has 0 aliphatic heterocycles. The van der Waals surface area contributed by atoms with Crippen LogP contribution < -0.4 is 5.73 Å². The summed E-state index contributed by atoms with van der Waals surface area (Å²) in [5, 5.41) is 16.9. The number of hydrogen-bond acceptors (Lipinski definition) is 8. The van der Waals surface area contributed by atoms with Crippen LogP contribution in [0.1, 0.15) is 92.9 Å². The molecule has 0 amide bonds. The number of ketones is 1. The summed E-state index contributed by atoms with van der Waals surface area (Å²) >= 11 is 0. The van der Waals surface area contributed by atoms with E-state index in [0.717, 1.165) is 25.7 Å². The van der Waals surface area contributed by atoms with Gasteiger partial charge < -0.3 is 30.2 Å². The van der Waals surface area contributed by atoms with E-state index in [2.05, 4.69) is 30.2 Å². The highest BCUT2D eigenvalue weighted by Gasteiger charge is 2.07. The lowest BCUT2D eigenvalue weighted by Gasteiger charge is -2.09. The lowest BCUT2D eigenvalue weighted by Crippen LogP contribution is -2.21. The number of hydrogen-bond donors (Lipinski definition) is 3. The first-order chi connectivity index (χ1) is 15.4. The van der Waals surface area contributed by atoms with E-state index in [0.29, 0.717) is 32.1 Å². The maximum Gasteiger partial charge on any atom is 0.293 e. The van der Waals surface area contributed by atoms with Crippen LogP contribution in [-0.2, 0) is 23.9 Å². The van der Waals surface area contributed by atoms with Crippen LogP contribution in [0.3, 0.4) is 0 Å². The smallest absolute Gasteiger partial charge is 0.293 e. The number of Topliss-reactive ketones (excluding diaryl/α,β-unsaturated/α-hetero) is 1. The molecule has 0 aromatic carbocycles. The fourth-order valence-corrected chi connectivity index (χ4v) is 2.36. The van der Waals surface area contributed by atoms with E-state index in [9.17, 15) is 14.4 Å². The van der Waals surface area contributed by atoms with Crippen LogP contribution in [-0.4, -0.2) is 61.4 Å². The largest absolute Gasteiger partial charge is 0.468 e. The van der Waals surface area contributed by atoms with Crippen molar-refractivity contribution in [2.24, 2.45) is 17.6 Å². The van der Waals surface area contributed by atoms with E-state index in [1.807, 2.05) is 13.8 Å². The highest BCUT2D eigenvalue weighted by Crippen LogP contribution is 2.06. The molecule has 8 heteroatoms. The molecule has 0 aromatic rings. The monoisotopic (exact) mass is 465 g/mol. The van der Waals surface area contributed by atoms with Crippen molar-refractivity contribution >= 4 is 18.7 Å². The summed E-state index contributed by atoms with van der Waals surface area (Å²) in [5.74, 6) is 0.292. The van der Waals surface area contributed by atoms with Gasteiger partial charge in [-0.05, 0) is 25.7 Å². The van der Waals surface area contributed by atoms with Crippen molar-refractivity contribution in [3.63, 3.8) is 0 Å². The quantitative estimate of drug-likeness (QED) is 0.219. The second-order valence-corrected chi connectivity index (χ2v) is 7.26. The van der Waals surface area contributed by atoms with Gasteiger partial charge in [-0.2, -0.15) is 0 Å². The Bertz CT molecular complexity index is 373. The first kappa shape index (κ1) is 37.8. The fourth-order valence-electron chi connectivity index (χ4n) is 2.36. The van der Waals surface area contributed by atoms with Crippen LogP contribution in [0.5, 0.6) is 0 Å². The minimum Gasteiger partial charge on any atom is -0.468 e. The van der Waals surface area contributed by atoms with Gasteiger partial charge in [0.15, 0.2) is 0 Å². The molecule has 0 saturated heterocycles. The molecule has 0 fully saturated rings. The van der Waals surface area contributed by atoms with Gasteiger partial charge in [-0.1, -0.05) is 66.7 Å². The molecule has 1 atom stereocenters. The van der Waals surface area contributed by atoms with Crippen molar-refractivity contribution < 1.29 is 34.1 Å². The van der Waals surface area contributed by atoms with E-state index in [1.165, 1.54) is 26.2 Å². The fraction of sp³-hybridized carbons (Fsp3) is 0.875. The summed E-state index contributed by atoms with van der Waals surface area (Å²) in [4.78, 5) is 29.9. The molecule has 194 valence electrons. The SMILES string of the molecule is CC.CC(=O)CC(CO)CO.CCC(CC)COC=O.CCCCCC(N)CCOC=O. The number of rotatable bonds is 17. The van der Waals surface area contributed by atoms with Crippen molar-refractivity contribution in [3.05, 3.63) is 0 Å². The average molecular weight is 466 g/mol. The Balaban J connectivity index is -0.000000179. The summed E-state index contributed by atoms with van der Waals surface area (Å²) < 4.78 is 9.15. The Morgan fingerprint density at radius 2 is 1.44 bits per heavy atom. The number of aliphatic hydroxyl groups excluding tert-OH is 2. The predicted molar refractivity (Wildman–Crippen MR) is 129 cm³/mol.